The fourth-order valence-electron chi connectivity index (χ4n) is 2.03. The maximum Gasteiger partial charge on any atom is 0.252 e. The third-order valence-electron chi connectivity index (χ3n) is 3.29. The molecule has 2 aromatic carbocycles. The summed E-state index contributed by atoms with van der Waals surface area (Å²) in [6.07, 6.45) is 0. The van der Waals surface area contributed by atoms with Crippen LogP contribution in [0.5, 0.6) is 5.75 Å². The van der Waals surface area contributed by atoms with E-state index in [-0.39, 0.29) is 18.2 Å². The summed E-state index contributed by atoms with van der Waals surface area (Å²) >= 11 is 0. The molecule has 0 radical (unpaired) electrons. The quantitative estimate of drug-likeness (QED) is 0.680. The summed E-state index contributed by atoms with van der Waals surface area (Å²) in [5, 5.41) is 2.74. The lowest BCUT2D eigenvalue weighted by atomic mass is 10.1. The highest BCUT2D eigenvalue weighted by Gasteiger charge is 2.03. The lowest BCUT2D eigenvalue weighted by molar-refractivity contribution is 0.0957. The van der Waals surface area contributed by atoms with E-state index in [9.17, 15) is 9.59 Å². The Hall–Kier alpha value is -3.06. The first-order valence-electron chi connectivity index (χ1n) is 7.71. The average Bonchev–Trinajstić information content (AvgIpc) is 2.60. The second-order valence-corrected chi connectivity index (χ2v) is 5.08. The van der Waals surface area contributed by atoms with Crippen LogP contribution in [0.25, 0.3) is 0 Å². The monoisotopic (exact) mass is 321 g/mol. The molecule has 0 spiro atoms. The number of ketones is 1. The van der Waals surface area contributed by atoms with E-state index in [1.165, 1.54) is 6.92 Å². The maximum atomic E-state index is 12.0. The zero-order chi connectivity index (χ0) is 17.4. The van der Waals surface area contributed by atoms with E-state index in [1.807, 2.05) is 6.92 Å². The van der Waals surface area contributed by atoms with Crippen molar-refractivity contribution in [2.75, 3.05) is 13.2 Å². The van der Waals surface area contributed by atoms with Gasteiger partial charge in [0.2, 0.25) is 0 Å². The van der Waals surface area contributed by atoms with Crippen LogP contribution in [0.4, 0.5) is 0 Å². The number of benzene rings is 2. The van der Waals surface area contributed by atoms with Crippen LogP contribution in [0.2, 0.25) is 0 Å². The number of rotatable bonds is 5. The fraction of sp³-hybridized carbons (Fsp3) is 0.200. The molecule has 0 saturated heterocycles. The molecule has 0 unspecified atom stereocenters. The minimum Gasteiger partial charge on any atom is -0.494 e. The Kier molecular flexibility index (Phi) is 6.16. The molecule has 0 fully saturated rings. The van der Waals surface area contributed by atoms with Crippen molar-refractivity contribution >= 4 is 11.7 Å². The van der Waals surface area contributed by atoms with E-state index in [2.05, 4.69) is 17.2 Å². The second kappa shape index (κ2) is 8.54. The van der Waals surface area contributed by atoms with Crippen molar-refractivity contribution in [2.45, 2.75) is 13.8 Å². The molecule has 0 heterocycles. The SMILES string of the molecule is CCOc1ccc(C(=O)NCC#Cc2ccc(C(C)=O)cc2)cc1. The van der Waals surface area contributed by atoms with Crippen LogP contribution < -0.4 is 10.1 Å². The molecule has 2 aromatic rings. The predicted octanol–water partition coefficient (Wildman–Crippen LogP) is 3.07. The minimum absolute atomic E-state index is 0.0251. The van der Waals surface area contributed by atoms with E-state index in [0.717, 1.165) is 11.3 Å². The Labute approximate surface area is 141 Å². The zero-order valence-electron chi connectivity index (χ0n) is 13.8. The topological polar surface area (TPSA) is 55.4 Å². The lowest BCUT2D eigenvalue weighted by Gasteiger charge is -2.04. The molecule has 0 aliphatic carbocycles. The molecular weight excluding hydrogens is 302 g/mol. The Morgan fingerprint density at radius 1 is 1.00 bits per heavy atom. The third kappa shape index (κ3) is 4.99. The van der Waals surface area contributed by atoms with Gasteiger partial charge in [0.15, 0.2) is 5.78 Å². The number of carbonyl (C=O) groups excluding carboxylic acids is 2. The summed E-state index contributed by atoms with van der Waals surface area (Å²) in [6.45, 7) is 4.28. The Morgan fingerprint density at radius 2 is 1.62 bits per heavy atom. The van der Waals surface area contributed by atoms with Gasteiger partial charge in [-0.3, -0.25) is 9.59 Å². The molecule has 4 heteroatoms. The summed E-state index contributed by atoms with van der Waals surface area (Å²) < 4.78 is 5.34. The van der Waals surface area contributed by atoms with Crippen LogP contribution in [0.1, 0.15) is 40.1 Å². The highest BCUT2D eigenvalue weighted by molar-refractivity contribution is 5.94. The molecule has 0 aliphatic rings. The normalized spacial score (nSPS) is 9.58. The molecule has 24 heavy (non-hydrogen) atoms. The fourth-order valence-corrected chi connectivity index (χ4v) is 2.03. The number of Topliss-reactive ketones (excluding diaryl/α,β-unsaturated/α-hetero) is 1. The molecule has 0 saturated carbocycles. The number of carbonyl (C=O) groups is 2. The lowest BCUT2D eigenvalue weighted by Crippen LogP contribution is -2.23. The van der Waals surface area contributed by atoms with E-state index in [0.29, 0.717) is 17.7 Å². The standard InChI is InChI=1S/C20H19NO3/c1-3-24-19-12-10-18(11-13-19)20(23)21-14-4-5-16-6-8-17(9-7-16)15(2)22/h6-13H,3,14H2,1-2H3,(H,21,23). The number of amides is 1. The molecule has 122 valence electrons. The van der Waals surface area contributed by atoms with E-state index in [1.54, 1.807) is 48.5 Å². The van der Waals surface area contributed by atoms with Crippen molar-refractivity contribution in [3.63, 3.8) is 0 Å². The first kappa shape index (κ1) is 17.3. The van der Waals surface area contributed by atoms with Crippen molar-refractivity contribution in [1.29, 1.82) is 0 Å². The number of hydrogen-bond donors (Lipinski definition) is 1. The third-order valence-corrected chi connectivity index (χ3v) is 3.29. The van der Waals surface area contributed by atoms with E-state index >= 15 is 0 Å². The van der Waals surface area contributed by atoms with Gasteiger partial charge >= 0.3 is 0 Å². The molecular formula is C20H19NO3. The molecule has 0 atom stereocenters. The number of hydrogen-bond acceptors (Lipinski definition) is 3. The van der Waals surface area contributed by atoms with Crippen LogP contribution >= 0.6 is 0 Å². The van der Waals surface area contributed by atoms with Crippen LogP contribution in [0.3, 0.4) is 0 Å². The van der Waals surface area contributed by atoms with Crippen LogP contribution in [0, 0.1) is 11.8 Å². The predicted molar refractivity (Wildman–Crippen MR) is 93.3 cm³/mol. The summed E-state index contributed by atoms with van der Waals surface area (Å²) in [5.74, 6) is 6.42. The van der Waals surface area contributed by atoms with Gasteiger partial charge in [-0.05, 0) is 50.2 Å². The van der Waals surface area contributed by atoms with Gasteiger partial charge in [-0.25, -0.2) is 0 Å². The number of ether oxygens (including phenoxy) is 1. The summed E-state index contributed by atoms with van der Waals surface area (Å²) in [6, 6.07) is 14.0. The van der Waals surface area contributed by atoms with Gasteiger partial charge in [-0.15, -0.1) is 0 Å². The van der Waals surface area contributed by atoms with Crippen molar-refractivity contribution in [1.82, 2.24) is 5.32 Å². The van der Waals surface area contributed by atoms with Crippen molar-refractivity contribution in [3.05, 3.63) is 65.2 Å². The number of nitrogens with one attached hydrogen (secondary N) is 1. The van der Waals surface area contributed by atoms with Crippen molar-refractivity contribution in [2.24, 2.45) is 0 Å². The minimum atomic E-state index is -0.181. The highest BCUT2D eigenvalue weighted by Crippen LogP contribution is 2.11. The van der Waals surface area contributed by atoms with Gasteiger partial charge in [-0.2, -0.15) is 0 Å². The van der Waals surface area contributed by atoms with Gasteiger partial charge in [0.05, 0.1) is 13.2 Å². The average molecular weight is 321 g/mol. The van der Waals surface area contributed by atoms with Gasteiger partial charge in [-0.1, -0.05) is 24.0 Å². The first-order valence-corrected chi connectivity index (χ1v) is 7.71. The van der Waals surface area contributed by atoms with Crippen LogP contribution in [0.15, 0.2) is 48.5 Å². The smallest absolute Gasteiger partial charge is 0.252 e. The highest BCUT2D eigenvalue weighted by atomic mass is 16.5. The summed E-state index contributed by atoms with van der Waals surface area (Å²) in [7, 11) is 0. The van der Waals surface area contributed by atoms with E-state index < -0.39 is 0 Å². The largest absolute Gasteiger partial charge is 0.494 e. The van der Waals surface area contributed by atoms with E-state index in [4.69, 9.17) is 4.74 Å². The maximum absolute atomic E-state index is 12.0. The van der Waals surface area contributed by atoms with Crippen LogP contribution in [-0.4, -0.2) is 24.8 Å². The summed E-state index contributed by atoms with van der Waals surface area (Å²) in [4.78, 5) is 23.2. The Balaban J connectivity index is 1.87. The first-order chi connectivity index (χ1) is 11.6. The zero-order valence-corrected chi connectivity index (χ0v) is 13.8. The molecule has 1 N–H and O–H groups in total. The van der Waals surface area contributed by atoms with Gasteiger partial charge < -0.3 is 10.1 Å². The molecule has 0 aromatic heterocycles. The van der Waals surface area contributed by atoms with Gasteiger partial charge in [0, 0.05) is 16.7 Å². The summed E-state index contributed by atoms with van der Waals surface area (Å²) in [5.41, 5.74) is 2.02. The molecule has 4 nitrogen and oxygen atoms in total. The van der Waals surface area contributed by atoms with Crippen molar-refractivity contribution < 1.29 is 14.3 Å². The Bertz CT molecular complexity index is 765. The van der Waals surface area contributed by atoms with Gasteiger partial charge in [0.25, 0.3) is 5.91 Å². The molecule has 0 aliphatic heterocycles. The molecule has 2 rings (SSSR count). The van der Waals surface area contributed by atoms with Crippen molar-refractivity contribution in [3.8, 4) is 17.6 Å². The second-order valence-electron chi connectivity index (χ2n) is 5.08. The molecule has 0 bridgehead atoms. The Morgan fingerprint density at radius 3 is 2.21 bits per heavy atom. The molecule has 1 amide bonds. The van der Waals surface area contributed by atoms with Crippen LogP contribution in [-0.2, 0) is 0 Å². The van der Waals surface area contributed by atoms with Gasteiger partial charge in [0.1, 0.15) is 5.75 Å².